The summed E-state index contributed by atoms with van der Waals surface area (Å²) < 4.78 is 10.6. The van der Waals surface area contributed by atoms with Crippen molar-refractivity contribution < 1.29 is 14.4 Å². The second-order valence-electron chi connectivity index (χ2n) is 6.23. The van der Waals surface area contributed by atoms with Crippen molar-refractivity contribution in [2.45, 2.75) is 26.5 Å². The highest BCUT2D eigenvalue weighted by molar-refractivity contribution is 5.55. The number of benzene rings is 1. The van der Waals surface area contributed by atoms with Crippen molar-refractivity contribution in [1.29, 1.82) is 0 Å². The van der Waals surface area contributed by atoms with E-state index in [9.17, 15) is 5.11 Å². The summed E-state index contributed by atoms with van der Waals surface area (Å²) in [7, 11) is 0. The number of morpholine rings is 1. The van der Waals surface area contributed by atoms with Gasteiger partial charge in [0.15, 0.2) is 0 Å². The predicted octanol–water partition coefficient (Wildman–Crippen LogP) is 2.26. The lowest BCUT2D eigenvalue weighted by molar-refractivity contribution is 0.0342. The number of ether oxygens (including phenoxy) is 1. The minimum atomic E-state index is -0.729. The average molecular weight is 317 g/mol. The topological polar surface area (TPSA) is 71.6 Å². The number of aromatic nitrogens is 2. The lowest BCUT2D eigenvalue weighted by atomic mass is 10.1. The van der Waals surface area contributed by atoms with E-state index in [-0.39, 0.29) is 11.8 Å². The van der Waals surface area contributed by atoms with Crippen molar-refractivity contribution >= 4 is 0 Å². The molecule has 0 spiro atoms. The van der Waals surface area contributed by atoms with Gasteiger partial charge >= 0.3 is 0 Å². The maximum absolute atomic E-state index is 10.0. The van der Waals surface area contributed by atoms with Gasteiger partial charge in [0.2, 0.25) is 5.82 Å². The molecule has 0 unspecified atom stereocenters. The van der Waals surface area contributed by atoms with Gasteiger partial charge in [0, 0.05) is 25.2 Å². The number of nitrogens with zero attached hydrogens (tertiary/aromatic N) is 3. The minimum absolute atomic E-state index is 0.0379. The standard InChI is InChI=1S/C17H23N3O3/c1-12(2)15(21)17-18-16(19-23-17)14-5-3-4-13(10-14)11-20-6-8-22-9-7-20/h3-5,10,12,15,21H,6-9,11H2,1-2H3/t15-/m0/s1. The smallest absolute Gasteiger partial charge is 0.256 e. The molecule has 1 aliphatic heterocycles. The van der Waals surface area contributed by atoms with Crippen LogP contribution in [0.5, 0.6) is 0 Å². The fourth-order valence-electron chi connectivity index (χ4n) is 2.58. The normalized spacial score (nSPS) is 17.6. The maximum atomic E-state index is 10.0. The van der Waals surface area contributed by atoms with Gasteiger partial charge in [-0.1, -0.05) is 37.2 Å². The van der Waals surface area contributed by atoms with Gasteiger partial charge in [-0.25, -0.2) is 0 Å². The van der Waals surface area contributed by atoms with Crippen LogP contribution in [0.1, 0.15) is 31.4 Å². The van der Waals surface area contributed by atoms with Crippen LogP contribution in [0.2, 0.25) is 0 Å². The predicted molar refractivity (Wildman–Crippen MR) is 85.6 cm³/mol. The van der Waals surface area contributed by atoms with Crippen LogP contribution < -0.4 is 0 Å². The van der Waals surface area contributed by atoms with Crippen LogP contribution in [0.15, 0.2) is 28.8 Å². The van der Waals surface area contributed by atoms with Gasteiger partial charge in [-0.05, 0) is 17.5 Å². The Morgan fingerprint density at radius 2 is 2.04 bits per heavy atom. The van der Waals surface area contributed by atoms with E-state index in [4.69, 9.17) is 9.26 Å². The number of aliphatic hydroxyl groups excluding tert-OH is 1. The van der Waals surface area contributed by atoms with E-state index >= 15 is 0 Å². The highest BCUT2D eigenvalue weighted by atomic mass is 16.5. The molecule has 3 rings (SSSR count). The molecule has 0 bridgehead atoms. The Hall–Kier alpha value is -1.76. The second-order valence-corrected chi connectivity index (χ2v) is 6.23. The molecule has 1 atom stereocenters. The molecule has 1 aromatic heterocycles. The van der Waals surface area contributed by atoms with Crippen molar-refractivity contribution in [2.24, 2.45) is 5.92 Å². The molecule has 0 aliphatic carbocycles. The Balaban J connectivity index is 1.74. The molecule has 6 nitrogen and oxygen atoms in total. The van der Waals surface area contributed by atoms with Crippen molar-refractivity contribution in [2.75, 3.05) is 26.3 Å². The van der Waals surface area contributed by atoms with Crippen molar-refractivity contribution in [3.05, 3.63) is 35.7 Å². The molecule has 0 saturated carbocycles. The molecule has 124 valence electrons. The summed E-state index contributed by atoms with van der Waals surface area (Å²) in [5.74, 6) is 0.827. The van der Waals surface area contributed by atoms with Gasteiger partial charge in [-0.2, -0.15) is 4.98 Å². The summed E-state index contributed by atoms with van der Waals surface area (Å²) in [6.45, 7) is 8.21. The molecule has 1 aromatic carbocycles. The van der Waals surface area contributed by atoms with Crippen molar-refractivity contribution in [3.8, 4) is 11.4 Å². The average Bonchev–Trinajstić information content (AvgIpc) is 3.05. The van der Waals surface area contributed by atoms with Crippen LogP contribution in [-0.2, 0) is 11.3 Å². The molecule has 1 N–H and O–H groups in total. The van der Waals surface area contributed by atoms with Gasteiger partial charge in [0.1, 0.15) is 6.10 Å². The van der Waals surface area contributed by atoms with E-state index in [0.717, 1.165) is 38.4 Å². The van der Waals surface area contributed by atoms with Crippen LogP contribution in [0, 0.1) is 5.92 Å². The zero-order chi connectivity index (χ0) is 16.2. The third-order valence-electron chi connectivity index (χ3n) is 4.02. The molecule has 0 radical (unpaired) electrons. The van der Waals surface area contributed by atoms with E-state index in [0.29, 0.717) is 5.82 Å². The molecule has 23 heavy (non-hydrogen) atoms. The molecule has 1 fully saturated rings. The summed E-state index contributed by atoms with van der Waals surface area (Å²) >= 11 is 0. The Bertz CT molecular complexity index is 636. The van der Waals surface area contributed by atoms with Crippen LogP contribution in [0.3, 0.4) is 0 Å². The summed E-state index contributed by atoms with van der Waals surface area (Å²) in [6, 6.07) is 8.13. The zero-order valence-corrected chi connectivity index (χ0v) is 13.6. The van der Waals surface area contributed by atoms with Gasteiger partial charge in [-0.15, -0.1) is 0 Å². The van der Waals surface area contributed by atoms with E-state index < -0.39 is 6.10 Å². The van der Waals surface area contributed by atoms with Crippen LogP contribution in [0.25, 0.3) is 11.4 Å². The van der Waals surface area contributed by atoms with E-state index in [1.165, 1.54) is 5.56 Å². The molecule has 2 aromatic rings. The SMILES string of the molecule is CC(C)[C@H](O)c1nc(-c2cccc(CN3CCOCC3)c2)no1. The largest absolute Gasteiger partial charge is 0.383 e. The maximum Gasteiger partial charge on any atom is 0.256 e. The third-order valence-corrected chi connectivity index (χ3v) is 4.02. The first-order chi connectivity index (χ1) is 11.1. The highest BCUT2D eigenvalue weighted by Gasteiger charge is 2.20. The monoisotopic (exact) mass is 317 g/mol. The Morgan fingerprint density at radius 1 is 1.26 bits per heavy atom. The lowest BCUT2D eigenvalue weighted by Crippen LogP contribution is -2.35. The number of rotatable bonds is 5. The fraction of sp³-hybridized carbons (Fsp3) is 0.529. The van der Waals surface area contributed by atoms with Crippen LogP contribution in [-0.4, -0.2) is 46.5 Å². The summed E-state index contributed by atoms with van der Waals surface area (Å²) in [4.78, 5) is 6.70. The minimum Gasteiger partial charge on any atom is -0.383 e. The second kappa shape index (κ2) is 7.21. The Labute approximate surface area is 136 Å². The van der Waals surface area contributed by atoms with E-state index in [2.05, 4.69) is 27.2 Å². The lowest BCUT2D eigenvalue weighted by Gasteiger charge is -2.26. The molecule has 1 saturated heterocycles. The number of aliphatic hydroxyl groups is 1. The van der Waals surface area contributed by atoms with E-state index in [1.807, 2.05) is 26.0 Å². The number of hydrogen-bond acceptors (Lipinski definition) is 6. The Morgan fingerprint density at radius 3 is 2.78 bits per heavy atom. The molecule has 6 heteroatoms. The van der Waals surface area contributed by atoms with Gasteiger partial charge in [-0.3, -0.25) is 4.90 Å². The molecule has 1 aliphatic rings. The quantitative estimate of drug-likeness (QED) is 0.912. The first kappa shape index (κ1) is 16.1. The van der Waals surface area contributed by atoms with Crippen molar-refractivity contribution in [3.63, 3.8) is 0 Å². The first-order valence-corrected chi connectivity index (χ1v) is 8.04. The Kier molecular flexibility index (Phi) is 5.05. The zero-order valence-electron chi connectivity index (χ0n) is 13.6. The molecular weight excluding hydrogens is 294 g/mol. The third kappa shape index (κ3) is 3.96. The molecule has 2 heterocycles. The van der Waals surface area contributed by atoms with Gasteiger partial charge in [0.05, 0.1) is 13.2 Å². The molecular formula is C17H23N3O3. The first-order valence-electron chi connectivity index (χ1n) is 8.04. The van der Waals surface area contributed by atoms with E-state index in [1.54, 1.807) is 0 Å². The van der Waals surface area contributed by atoms with Gasteiger partial charge in [0.25, 0.3) is 5.89 Å². The van der Waals surface area contributed by atoms with Gasteiger partial charge < -0.3 is 14.4 Å². The highest BCUT2D eigenvalue weighted by Crippen LogP contribution is 2.24. The van der Waals surface area contributed by atoms with Crippen molar-refractivity contribution in [1.82, 2.24) is 15.0 Å². The summed E-state index contributed by atoms with van der Waals surface area (Å²) in [5.41, 5.74) is 2.11. The van der Waals surface area contributed by atoms with Crippen LogP contribution in [0.4, 0.5) is 0 Å². The number of hydrogen-bond donors (Lipinski definition) is 1. The summed E-state index contributed by atoms with van der Waals surface area (Å²) in [6.07, 6.45) is -0.729. The van der Waals surface area contributed by atoms with Crippen LogP contribution >= 0.6 is 0 Å². The molecule has 0 amide bonds. The fourth-order valence-corrected chi connectivity index (χ4v) is 2.58. The summed E-state index contributed by atoms with van der Waals surface area (Å²) in [5, 5.41) is 14.0.